The number of benzene rings is 4. The van der Waals surface area contributed by atoms with Gasteiger partial charge < -0.3 is 48.5 Å². The van der Waals surface area contributed by atoms with Crippen molar-refractivity contribution in [2.24, 2.45) is 17.8 Å². The monoisotopic (exact) mass is 1170 g/mol. The quantitative estimate of drug-likeness (QED) is 0.0198. The van der Waals surface area contributed by atoms with Crippen LogP contribution in [0.15, 0.2) is 122 Å². The van der Waals surface area contributed by atoms with E-state index in [1.54, 1.807) is 39.0 Å². The first-order chi connectivity index (χ1) is 37.6. The van der Waals surface area contributed by atoms with Gasteiger partial charge in [-0.05, 0) is 77.8 Å². The van der Waals surface area contributed by atoms with Gasteiger partial charge in [0.2, 0.25) is 9.70 Å². The number of alkyl carbamates (subject to hydrolysis) is 1. The summed E-state index contributed by atoms with van der Waals surface area (Å²) in [7, 11) is 1.45. The highest BCUT2D eigenvalue weighted by atomic mass is 35.6. The van der Waals surface area contributed by atoms with Crippen LogP contribution < -0.4 is 15.4 Å². The Hall–Kier alpha value is -6.14. The zero-order valence-electron chi connectivity index (χ0n) is 44.8. The Bertz CT molecular complexity index is 2760. The highest BCUT2D eigenvalue weighted by molar-refractivity contribution is 6.67. The molecule has 0 spiro atoms. The largest absolute Gasteiger partial charge is 0.495 e. The minimum atomic E-state index is -1.93. The average molecular weight is 1170 g/mol. The number of fused-ring (bicyclic) bond motifs is 3. The van der Waals surface area contributed by atoms with Gasteiger partial charge in [-0.3, -0.25) is 14.4 Å². The molecule has 0 bridgehead atoms. The fraction of sp³-hybridized carbons (Fsp3) is 0.424. The second-order valence-corrected chi connectivity index (χ2v) is 22.9. The van der Waals surface area contributed by atoms with Crippen LogP contribution in [0.5, 0.6) is 5.75 Å². The third kappa shape index (κ3) is 18.2. The molecule has 424 valence electrons. The SMILES string of the molecule is C=CCOC(=O)C[C@@H](CNC(=O)OCC1c2ccccc2-c2ccccc21)C(=O)O[C@@H](CC(C)C)C(=O)O[C@@H](C/C=C/C(=O)N[C@H](Cc1ccc(OC)c(Cl)c1)C(=O)OCC(Cl)(Cl)Cl)[C@H](C)[C@H]1OC(C)(C)O[C@@H]1c1ccccc1. The molecule has 2 aliphatic rings. The number of ether oxygens (including phenoxy) is 8. The second-order valence-electron chi connectivity index (χ2n) is 20.0. The van der Waals surface area contributed by atoms with Crippen LogP contribution in [0.4, 0.5) is 4.79 Å². The molecule has 2 N–H and O–H groups in total. The molecule has 0 unspecified atom stereocenters. The van der Waals surface area contributed by atoms with Crippen LogP contribution >= 0.6 is 46.4 Å². The molecule has 2 amide bonds. The summed E-state index contributed by atoms with van der Waals surface area (Å²) in [6, 6.07) is 28.6. The lowest BCUT2D eigenvalue weighted by atomic mass is 9.89. The van der Waals surface area contributed by atoms with Crippen molar-refractivity contribution in [2.45, 2.75) is 106 Å². The Kier molecular flexibility index (Phi) is 22.7. The molecular weight excluding hydrogens is 1100 g/mol. The molecule has 4 aromatic rings. The highest BCUT2D eigenvalue weighted by Gasteiger charge is 2.47. The molecule has 20 heteroatoms. The number of halogens is 4. The molecule has 16 nitrogen and oxygen atoms in total. The lowest BCUT2D eigenvalue weighted by Crippen LogP contribution is -2.43. The Morgan fingerprint density at radius 3 is 2.09 bits per heavy atom. The maximum absolute atomic E-state index is 14.6. The van der Waals surface area contributed by atoms with Crippen molar-refractivity contribution in [1.82, 2.24) is 10.6 Å². The van der Waals surface area contributed by atoms with E-state index in [4.69, 9.17) is 84.3 Å². The van der Waals surface area contributed by atoms with Crippen molar-refractivity contribution in [2.75, 3.05) is 33.5 Å². The molecule has 1 fully saturated rings. The normalized spacial score (nSPS) is 17.5. The van der Waals surface area contributed by atoms with Gasteiger partial charge in [0.1, 0.15) is 43.8 Å². The number of methoxy groups -OCH3 is 1. The maximum atomic E-state index is 14.6. The minimum Gasteiger partial charge on any atom is -0.495 e. The van der Waals surface area contributed by atoms with Crippen molar-refractivity contribution >= 4 is 82.3 Å². The minimum absolute atomic E-state index is 0.00472. The van der Waals surface area contributed by atoms with Gasteiger partial charge in [0.15, 0.2) is 11.9 Å². The lowest BCUT2D eigenvalue weighted by molar-refractivity contribution is -0.180. The molecule has 7 atom stereocenters. The summed E-state index contributed by atoms with van der Waals surface area (Å²) in [5, 5.41) is 5.51. The van der Waals surface area contributed by atoms with E-state index in [0.29, 0.717) is 11.3 Å². The fourth-order valence-electron chi connectivity index (χ4n) is 9.29. The Labute approximate surface area is 480 Å². The van der Waals surface area contributed by atoms with E-state index in [0.717, 1.165) is 27.8 Å². The van der Waals surface area contributed by atoms with Crippen molar-refractivity contribution in [3.05, 3.63) is 149 Å². The van der Waals surface area contributed by atoms with Crippen molar-refractivity contribution < 1.29 is 66.7 Å². The van der Waals surface area contributed by atoms with Crippen LogP contribution in [0.1, 0.15) is 88.2 Å². The maximum Gasteiger partial charge on any atom is 0.407 e. The predicted molar refractivity (Wildman–Crippen MR) is 299 cm³/mol. The van der Waals surface area contributed by atoms with E-state index in [-0.39, 0.29) is 49.3 Å². The molecule has 1 saturated heterocycles. The van der Waals surface area contributed by atoms with Gasteiger partial charge in [0, 0.05) is 31.2 Å². The van der Waals surface area contributed by atoms with Gasteiger partial charge >= 0.3 is 30.0 Å². The Morgan fingerprint density at radius 1 is 0.810 bits per heavy atom. The summed E-state index contributed by atoms with van der Waals surface area (Å²) in [6.45, 7) is 11.4. The fourth-order valence-corrected chi connectivity index (χ4v) is 9.74. The van der Waals surface area contributed by atoms with E-state index in [9.17, 15) is 28.8 Å². The van der Waals surface area contributed by atoms with Crippen molar-refractivity contribution in [3.8, 4) is 16.9 Å². The van der Waals surface area contributed by atoms with Crippen LogP contribution in [-0.4, -0.2) is 103 Å². The zero-order chi connectivity index (χ0) is 57.4. The number of carbonyl (C=O) groups is 6. The number of rotatable bonds is 26. The van der Waals surface area contributed by atoms with Gasteiger partial charge in [-0.2, -0.15) is 0 Å². The zero-order valence-corrected chi connectivity index (χ0v) is 47.8. The molecule has 0 radical (unpaired) electrons. The topological polar surface area (TPSA) is 200 Å². The number of hydrogen-bond donors (Lipinski definition) is 2. The van der Waals surface area contributed by atoms with Crippen LogP contribution in [-0.2, 0) is 63.6 Å². The molecule has 6 rings (SSSR count). The molecule has 79 heavy (non-hydrogen) atoms. The number of nitrogens with one attached hydrogen (secondary N) is 2. The van der Waals surface area contributed by atoms with E-state index in [1.165, 1.54) is 25.3 Å². The van der Waals surface area contributed by atoms with Crippen LogP contribution in [0.2, 0.25) is 5.02 Å². The summed E-state index contributed by atoms with van der Waals surface area (Å²) in [5.74, 6) is -7.46. The smallest absolute Gasteiger partial charge is 0.407 e. The third-order valence-corrected chi connectivity index (χ3v) is 13.7. The number of alkyl halides is 3. The van der Waals surface area contributed by atoms with Gasteiger partial charge in [0.25, 0.3) is 0 Å². The van der Waals surface area contributed by atoms with Crippen LogP contribution in [0, 0.1) is 17.8 Å². The van der Waals surface area contributed by atoms with Gasteiger partial charge in [-0.15, -0.1) is 0 Å². The van der Waals surface area contributed by atoms with Gasteiger partial charge in [-0.1, -0.05) is 171 Å². The van der Waals surface area contributed by atoms with Crippen molar-refractivity contribution in [1.29, 1.82) is 0 Å². The van der Waals surface area contributed by atoms with E-state index in [2.05, 4.69) is 17.2 Å². The first-order valence-corrected chi connectivity index (χ1v) is 27.3. The molecule has 1 aliphatic heterocycles. The molecular formula is C59H66Cl4N2O14. The van der Waals surface area contributed by atoms with Crippen LogP contribution in [0.25, 0.3) is 11.1 Å². The summed E-state index contributed by atoms with van der Waals surface area (Å²) >= 11 is 24.0. The van der Waals surface area contributed by atoms with E-state index >= 15 is 0 Å². The summed E-state index contributed by atoms with van der Waals surface area (Å²) < 4.78 is 44.6. The summed E-state index contributed by atoms with van der Waals surface area (Å²) in [6.07, 6.45) is -1.47. The summed E-state index contributed by atoms with van der Waals surface area (Å²) in [4.78, 5) is 82.2. The molecule has 0 aromatic heterocycles. The first kappa shape index (κ1) is 62.1. The molecule has 4 aromatic carbocycles. The number of carbonyl (C=O) groups excluding carboxylic acids is 6. The van der Waals surface area contributed by atoms with Crippen LogP contribution in [0.3, 0.4) is 0 Å². The lowest BCUT2D eigenvalue weighted by Gasteiger charge is -2.31. The number of amides is 2. The standard InChI is InChI=1S/C59H66Cl4N2O14/c1-8-27-73-51(67)31-39(32-64-57(71)74-33-44-42-21-14-12-19-40(42)41-20-13-15-22-43(41)44)54(68)77-49(28-35(2)3)56(70)76-47(36(4)52-53(79-58(5,6)78-52)38-17-10-9-11-18-38)23-16-24-50(66)65-46(55(69)75-34-59(61,62)63)30-37-25-26-48(72-7)45(60)29-37/h8-22,24-26,29,35-36,39,44,46-47,49,52-53H,1,23,27-28,30-34H2,2-7H3,(H,64,71)(H,65,66)/b24-16+/t36-,39-,46+,47-,49-,52+,53+/m0/s1. The first-order valence-electron chi connectivity index (χ1n) is 25.8. The molecule has 0 saturated carbocycles. The number of esters is 4. The van der Waals surface area contributed by atoms with E-state index < -0.39 is 107 Å². The Balaban J connectivity index is 1.21. The molecule has 1 aliphatic carbocycles. The Morgan fingerprint density at radius 2 is 1.47 bits per heavy atom. The average Bonchev–Trinajstić information content (AvgIpc) is 4.03. The number of hydrogen-bond acceptors (Lipinski definition) is 14. The second kappa shape index (κ2) is 28.8. The third-order valence-electron chi connectivity index (χ3n) is 13.1. The highest BCUT2D eigenvalue weighted by Crippen LogP contribution is 2.45. The summed E-state index contributed by atoms with van der Waals surface area (Å²) in [5.41, 5.74) is 5.44. The van der Waals surface area contributed by atoms with E-state index in [1.807, 2.05) is 92.7 Å². The van der Waals surface area contributed by atoms with Crippen molar-refractivity contribution in [3.63, 3.8) is 0 Å². The predicted octanol–water partition coefficient (Wildman–Crippen LogP) is 10.9. The molecule has 1 heterocycles. The van der Waals surface area contributed by atoms with Gasteiger partial charge in [0.05, 0.1) is 30.6 Å². The van der Waals surface area contributed by atoms with Gasteiger partial charge in [-0.25, -0.2) is 14.4 Å².